The van der Waals surface area contributed by atoms with Gasteiger partial charge in [0, 0.05) is 9.90 Å². The van der Waals surface area contributed by atoms with Crippen LogP contribution in [-0.4, -0.2) is 18.2 Å². The van der Waals surface area contributed by atoms with Crippen LogP contribution in [0.2, 0.25) is 5.02 Å². The summed E-state index contributed by atoms with van der Waals surface area (Å²) in [5.74, 6) is -0.969. The average Bonchev–Trinajstić information content (AvgIpc) is 2.76. The molecule has 2 rings (SSSR count). The summed E-state index contributed by atoms with van der Waals surface area (Å²) in [5, 5.41) is 6.67. The van der Waals surface area contributed by atoms with Crippen LogP contribution in [0.5, 0.6) is 0 Å². The number of rotatable bonds is 3. The van der Waals surface area contributed by atoms with E-state index in [4.69, 9.17) is 28.6 Å². The Labute approximate surface area is 147 Å². The van der Waals surface area contributed by atoms with Crippen molar-refractivity contribution in [3.8, 4) is 0 Å². The van der Waals surface area contributed by atoms with E-state index in [1.165, 1.54) is 30.6 Å². The largest absolute Gasteiger partial charge is 0.465 e. The minimum atomic E-state index is -0.520. The van der Waals surface area contributed by atoms with Gasteiger partial charge in [0.05, 0.1) is 18.4 Å². The highest BCUT2D eigenvalue weighted by atomic mass is 35.5. The van der Waals surface area contributed by atoms with Crippen LogP contribution in [0, 0.1) is 19.7 Å². The Morgan fingerprint density at radius 3 is 2.65 bits per heavy atom. The molecular formula is C15H14ClFN2O2S2. The Hall–Kier alpha value is -1.70. The number of esters is 1. The summed E-state index contributed by atoms with van der Waals surface area (Å²) >= 11 is 12.3. The fraction of sp³-hybridized carbons (Fsp3) is 0.200. The molecule has 0 atom stereocenters. The van der Waals surface area contributed by atoms with E-state index in [9.17, 15) is 9.18 Å². The average molecular weight is 373 g/mol. The van der Waals surface area contributed by atoms with Crippen LogP contribution in [0.25, 0.3) is 0 Å². The van der Waals surface area contributed by atoms with E-state index in [1.54, 1.807) is 6.07 Å². The lowest BCUT2D eigenvalue weighted by Crippen LogP contribution is -2.20. The maximum Gasteiger partial charge on any atom is 0.341 e. The van der Waals surface area contributed by atoms with E-state index in [0.29, 0.717) is 15.6 Å². The molecule has 2 N–H and O–H groups in total. The summed E-state index contributed by atoms with van der Waals surface area (Å²) < 4.78 is 18.6. The molecule has 0 saturated heterocycles. The molecule has 1 heterocycles. The van der Waals surface area contributed by atoms with Gasteiger partial charge in [0.25, 0.3) is 0 Å². The zero-order chi connectivity index (χ0) is 17.1. The molecule has 1 aromatic heterocycles. The van der Waals surface area contributed by atoms with E-state index in [2.05, 4.69) is 10.6 Å². The van der Waals surface area contributed by atoms with Crippen LogP contribution < -0.4 is 10.6 Å². The van der Waals surface area contributed by atoms with E-state index in [1.807, 2.05) is 13.8 Å². The second kappa shape index (κ2) is 7.25. The standard InChI is InChI=1S/C15H14ClFN2O2S2/c1-7-8(2)23-13(12(7)14(20)21-3)19-15(22)18-11-5-4-9(16)6-10(11)17/h4-6H,1-3H3,(H2,18,19,22). The molecule has 0 aliphatic carbocycles. The third-order valence-electron chi connectivity index (χ3n) is 3.18. The summed E-state index contributed by atoms with van der Waals surface area (Å²) in [7, 11) is 1.32. The maximum absolute atomic E-state index is 13.8. The Morgan fingerprint density at radius 2 is 2.04 bits per heavy atom. The lowest BCUT2D eigenvalue weighted by Gasteiger charge is -2.11. The van der Waals surface area contributed by atoms with E-state index in [-0.39, 0.29) is 10.8 Å². The number of hydrogen-bond donors (Lipinski definition) is 2. The smallest absolute Gasteiger partial charge is 0.341 e. The molecule has 0 spiro atoms. The topological polar surface area (TPSA) is 50.4 Å². The number of nitrogens with one attached hydrogen (secondary N) is 2. The predicted octanol–water partition coefficient (Wildman–Crippen LogP) is 4.75. The fourth-order valence-corrected chi connectivity index (χ4v) is 3.40. The van der Waals surface area contributed by atoms with Gasteiger partial charge in [0.15, 0.2) is 5.11 Å². The lowest BCUT2D eigenvalue weighted by molar-refractivity contribution is 0.0601. The third-order valence-corrected chi connectivity index (χ3v) is 4.74. The quantitative estimate of drug-likeness (QED) is 0.601. The van der Waals surface area contributed by atoms with Crippen molar-refractivity contribution < 1.29 is 13.9 Å². The molecule has 1 aromatic carbocycles. The van der Waals surface area contributed by atoms with Gasteiger partial charge in [-0.1, -0.05) is 11.6 Å². The van der Waals surface area contributed by atoms with Gasteiger partial charge in [-0.15, -0.1) is 11.3 Å². The van der Waals surface area contributed by atoms with Crippen molar-refractivity contribution in [1.29, 1.82) is 0 Å². The van der Waals surface area contributed by atoms with Crippen LogP contribution in [0.15, 0.2) is 18.2 Å². The second-order valence-electron chi connectivity index (χ2n) is 4.68. The number of ether oxygens (including phenoxy) is 1. The molecule has 2 aromatic rings. The molecule has 0 amide bonds. The second-order valence-corrected chi connectivity index (χ2v) is 6.75. The molecule has 0 aliphatic rings. The summed E-state index contributed by atoms with van der Waals surface area (Å²) in [6, 6.07) is 4.22. The number of halogens is 2. The molecule has 0 unspecified atom stereocenters. The monoisotopic (exact) mass is 372 g/mol. The normalized spacial score (nSPS) is 10.3. The highest BCUT2D eigenvalue weighted by Gasteiger charge is 2.21. The molecule has 0 saturated carbocycles. The summed E-state index contributed by atoms with van der Waals surface area (Å²) in [5.41, 5.74) is 1.44. The van der Waals surface area contributed by atoms with Gasteiger partial charge in [-0.2, -0.15) is 0 Å². The number of aryl methyl sites for hydroxylation is 1. The van der Waals surface area contributed by atoms with Gasteiger partial charge in [-0.05, 0) is 49.8 Å². The summed E-state index contributed by atoms with van der Waals surface area (Å²) in [6.45, 7) is 3.73. The van der Waals surface area contributed by atoms with Crippen molar-refractivity contribution in [3.05, 3.63) is 45.0 Å². The van der Waals surface area contributed by atoms with Gasteiger partial charge in [-0.25, -0.2) is 9.18 Å². The Bertz CT molecular complexity index is 777. The molecule has 23 heavy (non-hydrogen) atoms. The Kier molecular flexibility index (Phi) is 5.56. The number of thiophene rings is 1. The summed E-state index contributed by atoms with van der Waals surface area (Å²) in [6.07, 6.45) is 0. The molecule has 122 valence electrons. The van der Waals surface area contributed by atoms with Gasteiger partial charge in [0.2, 0.25) is 0 Å². The highest BCUT2D eigenvalue weighted by molar-refractivity contribution is 7.80. The Balaban J connectivity index is 2.20. The molecule has 8 heteroatoms. The maximum atomic E-state index is 13.8. The number of anilines is 2. The van der Waals surface area contributed by atoms with Crippen molar-refractivity contribution in [3.63, 3.8) is 0 Å². The first kappa shape index (κ1) is 17.7. The minimum absolute atomic E-state index is 0.164. The molecular weight excluding hydrogens is 359 g/mol. The van der Waals surface area contributed by atoms with Gasteiger partial charge >= 0.3 is 5.97 Å². The van der Waals surface area contributed by atoms with Gasteiger partial charge in [-0.3, -0.25) is 0 Å². The Morgan fingerprint density at radius 1 is 1.35 bits per heavy atom. The highest BCUT2D eigenvalue weighted by Crippen LogP contribution is 2.33. The first-order chi connectivity index (χ1) is 10.8. The third kappa shape index (κ3) is 3.99. The number of carbonyl (C=O) groups is 1. The lowest BCUT2D eigenvalue weighted by atomic mass is 10.1. The van der Waals surface area contributed by atoms with Crippen molar-refractivity contribution in [2.45, 2.75) is 13.8 Å². The summed E-state index contributed by atoms with van der Waals surface area (Å²) in [4.78, 5) is 12.9. The molecule has 0 bridgehead atoms. The zero-order valence-corrected chi connectivity index (χ0v) is 15.0. The minimum Gasteiger partial charge on any atom is -0.465 e. The van der Waals surface area contributed by atoms with Gasteiger partial charge in [0.1, 0.15) is 10.8 Å². The number of thiocarbonyl (C=S) groups is 1. The predicted molar refractivity (Wildman–Crippen MR) is 96.4 cm³/mol. The molecule has 0 radical (unpaired) electrons. The SMILES string of the molecule is COC(=O)c1c(NC(=S)Nc2ccc(Cl)cc2F)sc(C)c1C. The van der Waals surface area contributed by atoms with Crippen molar-refractivity contribution in [2.24, 2.45) is 0 Å². The molecule has 0 aliphatic heterocycles. The van der Waals surface area contributed by atoms with Crippen molar-refractivity contribution in [2.75, 3.05) is 17.7 Å². The number of carbonyl (C=O) groups excluding carboxylic acids is 1. The molecule has 4 nitrogen and oxygen atoms in total. The van der Waals surface area contributed by atoms with Crippen LogP contribution in [0.3, 0.4) is 0 Å². The van der Waals surface area contributed by atoms with Crippen LogP contribution in [-0.2, 0) is 4.74 Å². The van der Waals surface area contributed by atoms with Crippen LogP contribution in [0.1, 0.15) is 20.8 Å². The van der Waals surface area contributed by atoms with E-state index in [0.717, 1.165) is 10.4 Å². The van der Waals surface area contributed by atoms with Crippen LogP contribution in [0.4, 0.5) is 15.1 Å². The van der Waals surface area contributed by atoms with Crippen molar-refractivity contribution >= 4 is 56.9 Å². The van der Waals surface area contributed by atoms with Crippen LogP contribution >= 0.6 is 35.2 Å². The fourth-order valence-electron chi connectivity index (χ4n) is 1.91. The number of methoxy groups -OCH3 is 1. The molecule has 0 fully saturated rings. The number of hydrogen-bond acceptors (Lipinski definition) is 4. The van der Waals surface area contributed by atoms with E-state index >= 15 is 0 Å². The number of benzene rings is 1. The first-order valence-electron chi connectivity index (χ1n) is 6.54. The van der Waals surface area contributed by atoms with Gasteiger partial charge < -0.3 is 15.4 Å². The van der Waals surface area contributed by atoms with Crippen molar-refractivity contribution in [1.82, 2.24) is 0 Å². The first-order valence-corrected chi connectivity index (χ1v) is 8.15. The zero-order valence-electron chi connectivity index (χ0n) is 12.6. The van der Waals surface area contributed by atoms with E-state index < -0.39 is 11.8 Å².